The van der Waals surface area contributed by atoms with E-state index in [4.69, 9.17) is 0 Å². The predicted octanol–water partition coefficient (Wildman–Crippen LogP) is 7.20. The monoisotopic (exact) mass is 576 g/mol. The van der Waals surface area contributed by atoms with E-state index in [9.17, 15) is 17.6 Å². The van der Waals surface area contributed by atoms with Crippen molar-refractivity contribution in [2.75, 3.05) is 72.0 Å². The second-order valence-electron chi connectivity index (χ2n) is 10.9. The van der Waals surface area contributed by atoms with Gasteiger partial charge in [-0.1, -0.05) is 35.4 Å². The molecular weight excluding hydrogens is 540 g/mol. The molecule has 4 aromatic rings. The summed E-state index contributed by atoms with van der Waals surface area (Å²) in [6.07, 6.45) is 0. The van der Waals surface area contributed by atoms with E-state index in [1.807, 2.05) is 47.9 Å². The van der Waals surface area contributed by atoms with Gasteiger partial charge in [-0.15, -0.1) is 0 Å². The maximum absolute atomic E-state index is 14.3. The molecule has 1 heterocycles. The molecular formula is C34H36F4N4. The average Bonchev–Trinajstić information content (AvgIpc) is 2.93. The summed E-state index contributed by atoms with van der Waals surface area (Å²) in [7, 11) is 0. The molecule has 0 spiro atoms. The predicted molar refractivity (Wildman–Crippen MR) is 164 cm³/mol. The van der Waals surface area contributed by atoms with Crippen LogP contribution in [0.4, 0.5) is 40.3 Å². The lowest BCUT2D eigenvalue weighted by Gasteiger charge is -2.37. The van der Waals surface area contributed by atoms with Crippen LogP contribution in [0, 0.1) is 37.1 Å². The molecule has 0 radical (unpaired) electrons. The lowest BCUT2D eigenvalue weighted by Crippen LogP contribution is -2.46. The normalized spacial score (nSPS) is 15.4. The molecule has 0 aromatic heterocycles. The van der Waals surface area contributed by atoms with Gasteiger partial charge in [-0.05, 0) is 62.4 Å². The van der Waals surface area contributed by atoms with Crippen LogP contribution >= 0.6 is 0 Å². The van der Waals surface area contributed by atoms with Crippen LogP contribution < -0.4 is 19.6 Å². The standard InChI is InChI=1S/C34H36F4N4/c1-25-3-7-31(8-4-25)39-11-15-41(33-21-27(35)19-28(36)22-33)17-13-40(32-9-5-26(2)6-10-32)14-18-42(16-12-39)34-23-29(37)20-30(38)24-34/h3-10,19-24H,11-18H2,1-2H3. The van der Waals surface area contributed by atoms with Crippen LogP contribution in [0.25, 0.3) is 0 Å². The van der Waals surface area contributed by atoms with Gasteiger partial charge in [0.05, 0.1) is 0 Å². The molecule has 4 nitrogen and oxygen atoms in total. The first-order valence-electron chi connectivity index (χ1n) is 14.3. The molecule has 8 heteroatoms. The molecule has 1 aliphatic heterocycles. The Kier molecular flexibility index (Phi) is 9.20. The van der Waals surface area contributed by atoms with E-state index in [-0.39, 0.29) is 0 Å². The Morgan fingerprint density at radius 1 is 0.357 bits per heavy atom. The fourth-order valence-electron chi connectivity index (χ4n) is 5.40. The van der Waals surface area contributed by atoms with Crippen molar-refractivity contribution >= 4 is 22.7 Å². The minimum atomic E-state index is -0.611. The molecule has 0 amide bonds. The van der Waals surface area contributed by atoms with E-state index < -0.39 is 23.3 Å². The van der Waals surface area contributed by atoms with Crippen molar-refractivity contribution in [1.82, 2.24) is 0 Å². The van der Waals surface area contributed by atoms with Crippen LogP contribution in [0.15, 0.2) is 84.9 Å². The minimum absolute atomic E-state index is 0.495. The second-order valence-corrected chi connectivity index (χ2v) is 10.9. The number of anilines is 4. The van der Waals surface area contributed by atoms with Crippen LogP contribution in [-0.4, -0.2) is 52.4 Å². The summed E-state index contributed by atoms with van der Waals surface area (Å²) in [6, 6.07) is 23.7. The fraction of sp³-hybridized carbons (Fsp3) is 0.294. The quantitative estimate of drug-likeness (QED) is 0.238. The number of hydrogen-bond acceptors (Lipinski definition) is 4. The van der Waals surface area contributed by atoms with E-state index in [1.165, 1.54) is 24.3 Å². The van der Waals surface area contributed by atoms with Crippen LogP contribution in [-0.2, 0) is 0 Å². The van der Waals surface area contributed by atoms with Crippen LogP contribution in [0.2, 0.25) is 0 Å². The zero-order chi connectivity index (χ0) is 29.6. The molecule has 0 atom stereocenters. The van der Waals surface area contributed by atoms with Crippen molar-refractivity contribution in [3.63, 3.8) is 0 Å². The second kappa shape index (κ2) is 13.2. The van der Waals surface area contributed by atoms with Gasteiger partial charge in [0.15, 0.2) is 0 Å². The molecule has 1 saturated heterocycles. The SMILES string of the molecule is Cc1ccc(N2CCN(c3cc(F)cc(F)c3)CCN(c3ccc(C)cc3)CCN(c3cc(F)cc(F)c3)CC2)cc1. The number of hydrogen-bond donors (Lipinski definition) is 0. The molecule has 42 heavy (non-hydrogen) atoms. The summed E-state index contributed by atoms with van der Waals surface area (Å²) >= 11 is 0. The molecule has 0 bridgehead atoms. The van der Waals surface area contributed by atoms with Gasteiger partial charge >= 0.3 is 0 Å². The molecule has 4 aromatic carbocycles. The summed E-state index contributed by atoms with van der Waals surface area (Å²) in [5.41, 5.74) is 5.28. The van der Waals surface area contributed by atoms with Crippen molar-refractivity contribution in [2.45, 2.75) is 13.8 Å². The molecule has 5 rings (SSSR count). The Balaban J connectivity index is 1.50. The first-order valence-corrected chi connectivity index (χ1v) is 14.3. The number of benzene rings is 4. The number of nitrogens with zero attached hydrogens (tertiary/aromatic N) is 4. The minimum Gasteiger partial charge on any atom is -0.368 e. The Labute approximate surface area is 245 Å². The highest BCUT2D eigenvalue weighted by Gasteiger charge is 2.20. The third-order valence-corrected chi connectivity index (χ3v) is 7.78. The van der Waals surface area contributed by atoms with Gasteiger partial charge in [0.25, 0.3) is 0 Å². The van der Waals surface area contributed by atoms with Crippen molar-refractivity contribution in [3.8, 4) is 0 Å². The summed E-state index contributed by atoms with van der Waals surface area (Å²) in [4.78, 5) is 8.47. The third-order valence-electron chi connectivity index (χ3n) is 7.78. The van der Waals surface area contributed by atoms with E-state index in [0.717, 1.165) is 34.6 Å². The zero-order valence-electron chi connectivity index (χ0n) is 24.0. The molecule has 1 aliphatic rings. The molecule has 0 aliphatic carbocycles. The van der Waals surface area contributed by atoms with Crippen molar-refractivity contribution in [3.05, 3.63) is 119 Å². The topological polar surface area (TPSA) is 13.0 Å². The van der Waals surface area contributed by atoms with Gasteiger partial charge in [-0.3, -0.25) is 0 Å². The van der Waals surface area contributed by atoms with Gasteiger partial charge < -0.3 is 19.6 Å². The van der Waals surface area contributed by atoms with E-state index in [2.05, 4.69) is 34.1 Å². The van der Waals surface area contributed by atoms with Gasteiger partial charge in [-0.25, -0.2) is 17.6 Å². The Bertz CT molecular complexity index is 1310. The van der Waals surface area contributed by atoms with E-state index in [1.54, 1.807) is 0 Å². The van der Waals surface area contributed by atoms with Crippen molar-refractivity contribution < 1.29 is 17.6 Å². The Hall–Kier alpha value is -4.20. The van der Waals surface area contributed by atoms with Gasteiger partial charge in [0.1, 0.15) is 23.3 Å². The summed E-state index contributed by atoms with van der Waals surface area (Å²) in [5, 5.41) is 0. The molecule has 220 valence electrons. The summed E-state index contributed by atoms with van der Waals surface area (Å²) in [6.45, 7) is 8.46. The lowest BCUT2D eigenvalue weighted by atomic mass is 10.2. The van der Waals surface area contributed by atoms with Crippen LogP contribution in [0.5, 0.6) is 0 Å². The van der Waals surface area contributed by atoms with Crippen LogP contribution in [0.3, 0.4) is 0 Å². The van der Waals surface area contributed by atoms with E-state index in [0.29, 0.717) is 63.7 Å². The number of rotatable bonds is 4. The van der Waals surface area contributed by atoms with Gasteiger partial charge in [-0.2, -0.15) is 0 Å². The van der Waals surface area contributed by atoms with Crippen LogP contribution in [0.1, 0.15) is 11.1 Å². The molecule has 0 N–H and O–H groups in total. The zero-order valence-corrected chi connectivity index (χ0v) is 24.0. The molecule has 1 fully saturated rings. The molecule has 0 unspecified atom stereocenters. The van der Waals surface area contributed by atoms with Gasteiger partial charge in [0, 0.05) is 87.2 Å². The first-order chi connectivity index (χ1) is 20.2. The van der Waals surface area contributed by atoms with Gasteiger partial charge in [0.2, 0.25) is 0 Å². The maximum Gasteiger partial charge on any atom is 0.128 e. The third kappa shape index (κ3) is 7.55. The molecule has 0 saturated carbocycles. The van der Waals surface area contributed by atoms with Crippen molar-refractivity contribution in [2.24, 2.45) is 0 Å². The lowest BCUT2D eigenvalue weighted by molar-refractivity contribution is 0.579. The Morgan fingerprint density at radius 2 is 0.595 bits per heavy atom. The van der Waals surface area contributed by atoms with Crippen molar-refractivity contribution in [1.29, 1.82) is 0 Å². The van der Waals surface area contributed by atoms with E-state index >= 15 is 0 Å². The fourth-order valence-corrected chi connectivity index (χ4v) is 5.40. The highest BCUT2D eigenvalue weighted by atomic mass is 19.1. The number of aryl methyl sites for hydroxylation is 2. The smallest absolute Gasteiger partial charge is 0.128 e. The summed E-state index contributed by atoms with van der Waals surface area (Å²) < 4.78 is 57.2. The largest absolute Gasteiger partial charge is 0.368 e. The highest BCUT2D eigenvalue weighted by Crippen LogP contribution is 2.24. The average molecular weight is 577 g/mol. The maximum atomic E-state index is 14.3. The summed E-state index contributed by atoms with van der Waals surface area (Å²) in [5.74, 6) is -2.44. The Morgan fingerprint density at radius 3 is 0.857 bits per heavy atom. The first kappa shape index (κ1) is 29.3. The highest BCUT2D eigenvalue weighted by molar-refractivity contribution is 5.54. The number of halogens is 4.